The first kappa shape index (κ1) is 25.2. The number of allylic oxidation sites excluding steroid dienone is 1. The zero-order chi connectivity index (χ0) is 25.5. The van der Waals surface area contributed by atoms with E-state index in [0.717, 1.165) is 5.69 Å². The van der Waals surface area contributed by atoms with Crippen LogP contribution in [0.25, 0.3) is 5.69 Å². The number of aliphatic hydroxyl groups is 1. The first-order valence-electron chi connectivity index (χ1n) is 11.7. The average Bonchev–Trinajstić information content (AvgIpc) is 3.19. The monoisotopic (exact) mass is 494 g/mol. The van der Waals surface area contributed by atoms with Crippen molar-refractivity contribution < 1.29 is 24.1 Å². The van der Waals surface area contributed by atoms with Gasteiger partial charge in [-0.15, -0.1) is 0 Å². The van der Waals surface area contributed by atoms with Crippen molar-refractivity contribution >= 4 is 17.3 Å². The molecule has 36 heavy (non-hydrogen) atoms. The number of benzene rings is 2. The van der Waals surface area contributed by atoms with Crippen LogP contribution in [-0.4, -0.2) is 53.1 Å². The molecule has 2 heterocycles. The van der Waals surface area contributed by atoms with Gasteiger partial charge in [0.25, 0.3) is 11.5 Å². The van der Waals surface area contributed by atoms with Gasteiger partial charge in [-0.05, 0) is 30.3 Å². The number of hydrogen-bond acceptors (Lipinski definition) is 7. The van der Waals surface area contributed by atoms with E-state index in [4.69, 9.17) is 25.1 Å². The Hall–Kier alpha value is -3.86. The third-order valence-corrected chi connectivity index (χ3v) is 5.79. The molecule has 0 spiro atoms. The maximum atomic E-state index is 13.1. The number of ether oxygens (including phenoxy) is 3. The SMILES string of the molecule is Cn1c([C@@H]2C=C(C(=O)Nc3ccccc3N)O[C@H](OCCOCCO)C2)cc(=O)n1-c1ccccc1. The zero-order valence-corrected chi connectivity index (χ0v) is 20.0. The van der Waals surface area contributed by atoms with Crippen LogP contribution in [0, 0.1) is 0 Å². The van der Waals surface area contributed by atoms with Gasteiger partial charge in [0.2, 0.25) is 6.29 Å². The lowest BCUT2D eigenvalue weighted by Crippen LogP contribution is -2.31. The van der Waals surface area contributed by atoms with Crippen molar-refractivity contribution in [2.75, 3.05) is 37.5 Å². The van der Waals surface area contributed by atoms with Crippen LogP contribution in [0.3, 0.4) is 0 Å². The smallest absolute Gasteiger partial charge is 0.290 e. The first-order valence-corrected chi connectivity index (χ1v) is 11.7. The number of aliphatic hydroxyl groups excluding tert-OH is 1. The van der Waals surface area contributed by atoms with Gasteiger partial charge in [-0.2, -0.15) is 0 Å². The van der Waals surface area contributed by atoms with Crippen LogP contribution in [0.5, 0.6) is 0 Å². The maximum absolute atomic E-state index is 13.1. The van der Waals surface area contributed by atoms with Crippen LogP contribution in [-0.2, 0) is 26.1 Å². The molecule has 0 unspecified atom stereocenters. The summed E-state index contributed by atoms with van der Waals surface area (Å²) in [5.41, 5.74) is 8.12. The van der Waals surface area contributed by atoms with E-state index >= 15 is 0 Å². The average molecular weight is 495 g/mol. The van der Waals surface area contributed by atoms with Crippen LogP contribution in [0.1, 0.15) is 18.0 Å². The molecule has 10 nitrogen and oxygen atoms in total. The molecule has 1 amide bonds. The Morgan fingerprint density at radius 1 is 1.14 bits per heavy atom. The molecule has 0 saturated carbocycles. The second kappa shape index (κ2) is 11.7. The minimum Gasteiger partial charge on any atom is -0.459 e. The van der Waals surface area contributed by atoms with Crippen LogP contribution >= 0.6 is 0 Å². The Bertz CT molecular complexity index is 1270. The quantitative estimate of drug-likeness (QED) is 0.291. The van der Waals surface area contributed by atoms with E-state index in [1.165, 1.54) is 0 Å². The summed E-state index contributed by atoms with van der Waals surface area (Å²) in [4.78, 5) is 26.0. The van der Waals surface area contributed by atoms with Gasteiger partial charge in [0.1, 0.15) is 0 Å². The zero-order valence-electron chi connectivity index (χ0n) is 20.0. The molecule has 10 heteroatoms. The van der Waals surface area contributed by atoms with Crippen molar-refractivity contribution in [1.29, 1.82) is 0 Å². The summed E-state index contributed by atoms with van der Waals surface area (Å²) in [7, 11) is 1.80. The van der Waals surface area contributed by atoms with E-state index < -0.39 is 12.2 Å². The lowest BCUT2D eigenvalue weighted by molar-refractivity contribution is -0.149. The molecule has 4 N–H and O–H groups in total. The topological polar surface area (TPSA) is 130 Å². The van der Waals surface area contributed by atoms with Gasteiger partial charge < -0.3 is 30.4 Å². The third-order valence-electron chi connectivity index (χ3n) is 5.79. The molecule has 1 aliphatic rings. The Kier molecular flexibility index (Phi) is 8.21. The number of amides is 1. The van der Waals surface area contributed by atoms with Gasteiger partial charge in [0, 0.05) is 31.1 Å². The molecule has 4 rings (SSSR count). The van der Waals surface area contributed by atoms with Crippen LogP contribution in [0.15, 0.2) is 77.3 Å². The van der Waals surface area contributed by atoms with Gasteiger partial charge in [-0.25, -0.2) is 4.68 Å². The van der Waals surface area contributed by atoms with Crippen molar-refractivity contribution in [3.05, 3.63) is 88.5 Å². The maximum Gasteiger partial charge on any atom is 0.290 e. The Labute approximate surface area is 208 Å². The number of aromatic nitrogens is 2. The van der Waals surface area contributed by atoms with Crippen LogP contribution < -0.4 is 16.6 Å². The second-order valence-corrected chi connectivity index (χ2v) is 8.25. The van der Waals surface area contributed by atoms with Crippen molar-refractivity contribution in [3.63, 3.8) is 0 Å². The standard InChI is InChI=1S/C26H30N4O6/c1-29-22(17-24(32)30(29)19-7-3-2-4-8-19)18-15-23(26(33)28-21-10-6-5-9-20(21)27)36-25(16-18)35-14-13-34-12-11-31/h2-10,15,17-18,25,31H,11-14,16,27H2,1H3,(H,28,33)/t18-,25+/m1/s1. The highest BCUT2D eigenvalue weighted by Crippen LogP contribution is 2.32. The largest absolute Gasteiger partial charge is 0.459 e. The molecule has 2 atom stereocenters. The van der Waals surface area contributed by atoms with Crippen LogP contribution in [0.4, 0.5) is 11.4 Å². The van der Waals surface area contributed by atoms with Gasteiger partial charge in [-0.1, -0.05) is 30.3 Å². The van der Waals surface area contributed by atoms with Crippen molar-refractivity contribution in [3.8, 4) is 5.69 Å². The highest BCUT2D eigenvalue weighted by molar-refractivity contribution is 6.04. The number of hydrogen-bond donors (Lipinski definition) is 3. The first-order chi connectivity index (χ1) is 17.5. The van der Waals surface area contributed by atoms with E-state index in [0.29, 0.717) is 23.5 Å². The number of para-hydroxylation sites is 3. The van der Waals surface area contributed by atoms with E-state index in [9.17, 15) is 9.59 Å². The van der Waals surface area contributed by atoms with Gasteiger partial charge in [0.05, 0.1) is 43.5 Å². The molecular weight excluding hydrogens is 464 g/mol. The number of nitrogens with one attached hydrogen (secondary N) is 1. The summed E-state index contributed by atoms with van der Waals surface area (Å²) >= 11 is 0. The number of anilines is 2. The van der Waals surface area contributed by atoms with Gasteiger partial charge in [-0.3, -0.25) is 14.3 Å². The molecule has 0 radical (unpaired) electrons. The van der Waals surface area contributed by atoms with Crippen molar-refractivity contribution in [2.24, 2.45) is 7.05 Å². The van der Waals surface area contributed by atoms with Gasteiger partial charge >= 0.3 is 0 Å². The predicted octanol–water partition coefficient (Wildman–Crippen LogP) is 2.14. The summed E-state index contributed by atoms with van der Waals surface area (Å²) in [6.45, 7) is 0.602. The van der Waals surface area contributed by atoms with E-state index in [-0.39, 0.29) is 43.7 Å². The Balaban J connectivity index is 1.61. The summed E-state index contributed by atoms with van der Waals surface area (Å²) < 4.78 is 20.3. The number of nitrogen functional groups attached to an aromatic ring is 1. The fourth-order valence-electron chi connectivity index (χ4n) is 4.09. The molecule has 190 valence electrons. The molecule has 0 fully saturated rings. The Morgan fingerprint density at radius 2 is 1.89 bits per heavy atom. The predicted molar refractivity (Wildman–Crippen MR) is 135 cm³/mol. The van der Waals surface area contributed by atoms with E-state index in [1.807, 2.05) is 30.3 Å². The lowest BCUT2D eigenvalue weighted by atomic mass is 9.97. The fraction of sp³-hybridized carbons (Fsp3) is 0.308. The highest BCUT2D eigenvalue weighted by Gasteiger charge is 2.31. The fourth-order valence-corrected chi connectivity index (χ4v) is 4.09. The summed E-state index contributed by atoms with van der Waals surface area (Å²) in [5.74, 6) is -0.746. The molecule has 0 aliphatic carbocycles. The molecule has 1 aromatic heterocycles. The summed E-state index contributed by atoms with van der Waals surface area (Å²) in [6, 6.07) is 17.8. The molecular formula is C26H30N4O6. The van der Waals surface area contributed by atoms with E-state index in [1.54, 1.807) is 52.8 Å². The van der Waals surface area contributed by atoms with Gasteiger partial charge in [0.15, 0.2) is 5.76 Å². The normalized spacial score (nSPS) is 17.3. The molecule has 1 aliphatic heterocycles. The third kappa shape index (κ3) is 5.85. The number of nitrogens with zero attached hydrogens (tertiary/aromatic N) is 2. The van der Waals surface area contributed by atoms with E-state index in [2.05, 4.69) is 5.32 Å². The minimum atomic E-state index is -0.748. The van der Waals surface area contributed by atoms with Crippen LogP contribution in [0.2, 0.25) is 0 Å². The summed E-state index contributed by atoms with van der Waals surface area (Å²) in [5, 5.41) is 11.6. The molecule has 0 saturated heterocycles. The number of rotatable bonds is 10. The second-order valence-electron chi connectivity index (χ2n) is 8.25. The Morgan fingerprint density at radius 3 is 2.64 bits per heavy atom. The number of carbonyl (C=O) groups excluding carboxylic acids is 1. The minimum absolute atomic E-state index is 0.0655. The molecule has 3 aromatic rings. The highest BCUT2D eigenvalue weighted by atomic mass is 16.7. The molecule has 0 bridgehead atoms. The lowest BCUT2D eigenvalue weighted by Gasteiger charge is -2.29. The number of carbonyl (C=O) groups is 1. The van der Waals surface area contributed by atoms with Crippen molar-refractivity contribution in [2.45, 2.75) is 18.6 Å². The number of nitrogens with two attached hydrogens (primary N) is 1. The molecule has 2 aromatic carbocycles. The summed E-state index contributed by atoms with van der Waals surface area (Å²) in [6.07, 6.45) is 1.33. The van der Waals surface area contributed by atoms with Crippen molar-refractivity contribution in [1.82, 2.24) is 9.36 Å².